The molecule has 1 aliphatic rings. The Bertz CT molecular complexity index is 615. The zero-order chi connectivity index (χ0) is 17.5. The first-order valence-corrected chi connectivity index (χ1v) is 10.3. The minimum Gasteiger partial charge on any atom is -0.340 e. The zero-order valence-electron chi connectivity index (χ0n) is 14.8. The third-order valence-electron chi connectivity index (χ3n) is 4.78. The highest BCUT2D eigenvalue weighted by molar-refractivity contribution is 7.98. The van der Waals surface area contributed by atoms with Crippen molar-refractivity contribution in [3.63, 3.8) is 0 Å². The number of thioether (sulfide) groups is 1. The number of carbonyl (C=O) groups is 1. The van der Waals surface area contributed by atoms with E-state index in [2.05, 4.69) is 71.8 Å². The lowest BCUT2D eigenvalue weighted by atomic mass is 9.96. The van der Waals surface area contributed by atoms with Crippen LogP contribution in [-0.4, -0.2) is 53.9 Å². The molecule has 3 rings (SSSR count). The van der Waals surface area contributed by atoms with Crippen molar-refractivity contribution in [2.24, 2.45) is 0 Å². The monoisotopic (exact) mass is 354 g/mol. The van der Waals surface area contributed by atoms with Gasteiger partial charge in [0.15, 0.2) is 0 Å². The molecule has 0 aromatic heterocycles. The number of piperazine rings is 1. The fraction of sp³-hybridized carbons (Fsp3) is 0.381. The Balaban J connectivity index is 1.72. The third kappa shape index (κ3) is 4.65. The fourth-order valence-electron chi connectivity index (χ4n) is 3.46. The molecule has 25 heavy (non-hydrogen) atoms. The molecule has 3 nitrogen and oxygen atoms in total. The standard InChI is InChI=1S/C21H26N2OS/c1-25-17-12-20(24)22-13-15-23(16-14-22)21(18-8-4-2-5-9-18)19-10-6-3-7-11-19/h2-11,21H,12-17H2,1H3. The van der Waals surface area contributed by atoms with Gasteiger partial charge in [0.1, 0.15) is 0 Å². The number of benzene rings is 2. The summed E-state index contributed by atoms with van der Waals surface area (Å²) in [6.07, 6.45) is 2.71. The Hall–Kier alpha value is -1.78. The van der Waals surface area contributed by atoms with Crippen molar-refractivity contribution in [2.45, 2.75) is 12.5 Å². The van der Waals surface area contributed by atoms with Gasteiger partial charge in [0, 0.05) is 38.4 Å². The molecule has 0 saturated carbocycles. The Labute approximate surface area is 155 Å². The maximum atomic E-state index is 12.3. The largest absolute Gasteiger partial charge is 0.340 e. The highest BCUT2D eigenvalue weighted by atomic mass is 32.2. The predicted molar refractivity (Wildman–Crippen MR) is 106 cm³/mol. The summed E-state index contributed by atoms with van der Waals surface area (Å²) in [5, 5.41) is 0. The molecule has 0 radical (unpaired) electrons. The SMILES string of the molecule is CSCCC(=O)N1CCN(C(c2ccccc2)c2ccccc2)CC1. The number of amides is 1. The molecular weight excluding hydrogens is 328 g/mol. The van der Waals surface area contributed by atoms with Crippen LogP contribution >= 0.6 is 11.8 Å². The van der Waals surface area contributed by atoms with Crippen LogP contribution in [0.1, 0.15) is 23.6 Å². The second-order valence-electron chi connectivity index (χ2n) is 6.38. The quantitative estimate of drug-likeness (QED) is 0.791. The van der Waals surface area contributed by atoms with E-state index in [0.717, 1.165) is 31.9 Å². The number of nitrogens with zero attached hydrogens (tertiary/aromatic N) is 2. The van der Waals surface area contributed by atoms with Crippen LogP contribution in [0.25, 0.3) is 0 Å². The number of hydrogen-bond acceptors (Lipinski definition) is 3. The molecule has 0 spiro atoms. The van der Waals surface area contributed by atoms with Crippen molar-refractivity contribution < 1.29 is 4.79 Å². The highest BCUT2D eigenvalue weighted by Gasteiger charge is 2.27. The first-order chi connectivity index (χ1) is 12.3. The molecule has 0 bridgehead atoms. The lowest BCUT2D eigenvalue weighted by Gasteiger charge is -2.39. The van der Waals surface area contributed by atoms with E-state index in [9.17, 15) is 4.79 Å². The molecule has 1 saturated heterocycles. The van der Waals surface area contributed by atoms with Gasteiger partial charge < -0.3 is 4.90 Å². The van der Waals surface area contributed by atoms with Crippen molar-refractivity contribution in [3.05, 3.63) is 71.8 Å². The molecule has 132 valence electrons. The molecule has 1 heterocycles. The summed E-state index contributed by atoms with van der Waals surface area (Å²) >= 11 is 1.74. The van der Waals surface area contributed by atoms with E-state index in [0.29, 0.717) is 12.3 Å². The number of hydrogen-bond donors (Lipinski definition) is 0. The third-order valence-corrected chi connectivity index (χ3v) is 5.40. The smallest absolute Gasteiger partial charge is 0.223 e. The minimum absolute atomic E-state index is 0.255. The highest BCUT2D eigenvalue weighted by Crippen LogP contribution is 2.29. The maximum Gasteiger partial charge on any atom is 0.223 e. The van der Waals surface area contributed by atoms with Gasteiger partial charge >= 0.3 is 0 Å². The molecule has 0 aliphatic carbocycles. The molecule has 4 heteroatoms. The van der Waals surface area contributed by atoms with Gasteiger partial charge in [-0.1, -0.05) is 60.7 Å². The Morgan fingerprint density at radius 3 is 1.92 bits per heavy atom. The Kier molecular flexibility index (Phi) is 6.54. The van der Waals surface area contributed by atoms with Crippen molar-refractivity contribution in [3.8, 4) is 0 Å². The summed E-state index contributed by atoms with van der Waals surface area (Å²) < 4.78 is 0. The summed E-state index contributed by atoms with van der Waals surface area (Å²) in [5.74, 6) is 1.21. The van der Waals surface area contributed by atoms with Crippen molar-refractivity contribution in [1.82, 2.24) is 9.80 Å². The van der Waals surface area contributed by atoms with Crippen LogP contribution in [-0.2, 0) is 4.79 Å². The minimum atomic E-state index is 0.255. The van der Waals surface area contributed by atoms with E-state index >= 15 is 0 Å². The van der Waals surface area contributed by atoms with Gasteiger partial charge in [0.25, 0.3) is 0 Å². The Morgan fingerprint density at radius 2 is 1.44 bits per heavy atom. The molecule has 0 N–H and O–H groups in total. The average Bonchev–Trinajstić information content (AvgIpc) is 2.68. The molecule has 2 aromatic carbocycles. The van der Waals surface area contributed by atoms with Crippen LogP contribution in [0.5, 0.6) is 0 Å². The van der Waals surface area contributed by atoms with E-state index in [4.69, 9.17) is 0 Å². The van der Waals surface area contributed by atoms with E-state index in [1.807, 2.05) is 4.90 Å². The molecule has 0 unspecified atom stereocenters. The second-order valence-corrected chi connectivity index (χ2v) is 7.37. The van der Waals surface area contributed by atoms with Crippen molar-refractivity contribution in [2.75, 3.05) is 38.2 Å². The lowest BCUT2D eigenvalue weighted by Crippen LogP contribution is -2.49. The van der Waals surface area contributed by atoms with Crippen molar-refractivity contribution in [1.29, 1.82) is 0 Å². The van der Waals surface area contributed by atoms with Gasteiger partial charge in [0.05, 0.1) is 6.04 Å². The second kappa shape index (κ2) is 9.07. The molecule has 2 aromatic rings. The molecule has 0 atom stereocenters. The maximum absolute atomic E-state index is 12.3. The first kappa shape index (κ1) is 18.0. The van der Waals surface area contributed by atoms with Gasteiger partial charge in [-0.15, -0.1) is 0 Å². The summed E-state index contributed by atoms with van der Waals surface area (Å²) in [4.78, 5) is 16.8. The molecule has 1 amide bonds. The van der Waals surface area contributed by atoms with Gasteiger partial charge in [0.2, 0.25) is 5.91 Å². The molecule has 1 aliphatic heterocycles. The topological polar surface area (TPSA) is 23.6 Å². The fourth-order valence-corrected chi connectivity index (χ4v) is 3.84. The lowest BCUT2D eigenvalue weighted by molar-refractivity contribution is -0.132. The summed E-state index contributed by atoms with van der Waals surface area (Å²) in [5.41, 5.74) is 2.63. The van der Waals surface area contributed by atoms with E-state index in [1.54, 1.807) is 11.8 Å². The van der Waals surface area contributed by atoms with Gasteiger partial charge in [-0.2, -0.15) is 11.8 Å². The molecular formula is C21H26N2OS. The van der Waals surface area contributed by atoms with Gasteiger partial charge in [-0.3, -0.25) is 9.69 Å². The van der Waals surface area contributed by atoms with Gasteiger partial charge in [-0.25, -0.2) is 0 Å². The normalized spacial score (nSPS) is 15.5. The molecule has 1 fully saturated rings. The van der Waals surface area contributed by atoms with Crippen LogP contribution in [0.15, 0.2) is 60.7 Å². The summed E-state index contributed by atoms with van der Waals surface area (Å²) in [6, 6.07) is 21.6. The predicted octanol–water partition coefficient (Wildman–Crippen LogP) is 3.67. The first-order valence-electron chi connectivity index (χ1n) is 8.90. The van der Waals surface area contributed by atoms with Crippen LogP contribution in [0.4, 0.5) is 0 Å². The van der Waals surface area contributed by atoms with E-state index in [-0.39, 0.29) is 6.04 Å². The Morgan fingerprint density at radius 1 is 0.920 bits per heavy atom. The van der Waals surface area contributed by atoms with Crippen molar-refractivity contribution >= 4 is 17.7 Å². The van der Waals surface area contributed by atoms with Crippen LogP contribution in [0.3, 0.4) is 0 Å². The summed E-state index contributed by atoms with van der Waals surface area (Å²) in [7, 11) is 0. The van der Waals surface area contributed by atoms with Gasteiger partial charge in [-0.05, 0) is 17.4 Å². The van der Waals surface area contributed by atoms with Crippen LogP contribution in [0.2, 0.25) is 0 Å². The average molecular weight is 355 g/mol. The zero-order valence-corrected chi connectivity index (χ0v) is 15.6. The summed E-state index contributed by atoms with van der Waals surface area (Å²) in [6.45, 7) is 3.48. The number of carbonyl (C=O) groups excluding carboxylic acids is 1. The van der Waals surface area contributed by atoms with Crippen LogP contribution < -0.4 is 0 Å². The number of rotatable bonds is 6. The van der Waals surface area contributed by atoms with Crippen LogP contribution in [0, 0.1) is 0 Å². The van der Waals surface area contributed by atoms with E-state index < -0.39 is 0 Å². The van der Waals surface area contributed by atoms with E-state index in [1.165, 1.54) is 11.1 Å².